The van der Waals surface area contributed by atoms with E-state index in [2.05, 4.69) is 4.74 Å². The van der Waals surface area contributed by atoms with Gasteiger partial charge in [-0.3, -0.25) is 0 Å². The van der Waals surface area contributed by atoms with E-state index in [9.17, 15) is 4.79 Å². The zero-order valence-corrected chi connectivity index (χ0v) is 8.36. The van der Waals surface area contributed by atoms with Crippen molar-refractivity contribution in [1.29, 1.82) is 0 Å². The average molecular weight is 201 g/mol. The van der Waals surface area contributed by atoms with Gasteiger partial charge in [-0.05, 0) is 22.9 Å². The van der Waals surface area contributed by atoms with Crippen molar-refractivity contribution >= 4 is 22.4 Å². The van der Waals surface area contributed by atoms with Gasteiger partial charge in [-0.15, -0.1) is 0 Å². The van der Waals surface area contributed by atoms with Crippen LogP contribution in [0.3, 0.4) is 0 Å². The van der Waals surface area contributed by atoms with Crippen molar-refractivity contribution in [3.05, 3.63) is 42.0 Å². The number of carbonyl (C=O) groups is 1. The van der Waals surface area contributed by atoms with Crippen LogP contribution in [-0.2, 0) is 4.74 Å². The molecule has 0 aromatic heterocycles. The number of nitrogen functional groups attached to an aromatic ring is 1. The Morgan fingerprint density at radius 3 is 2.40 bits per heavy atom. The van der Waals surface area contributed by atoms with E-state index < -0.39 is 5.97 Å². The molecule has 0 radical (unpaired) electrons. The van der Waals surface area contributed by atoms with Crippen LogP contribution in [0.5, 0.6) is 0 Å². The summed E-state index contributed by atoms with van der Waals surface area (Å²) < 4.78 is 4.65. The van der Waals surface area contributed by atoms with Gasteiger partial charge in [0.05, 0.1) is 12.7 Å². The second-order valence-corrected chi connectivity index (χ2v) is 3.28. The number of carbonyl (C=O) groups excluding carboxylic acids is 1. The highest BCUT2D eigenvalue weighted by Gasteiger charge is 2.10. The summed E-state index contributed by atoms with van der Waals surface area (Å²) in [5.74, 6) is -0.404. The van der Waals surface area contributed by atoms with E-state index in [4.69, 9.17) is 5.73 Å². The summed E-state index contributed by atoms with van der Waals surface area (Å²) in [4.78, 5) is 11.4. The first kappa shape index (κ1) is 9.52. The molecule has 2 N–H and O–H groups in total. The molecule has 15 heavy (non-hydrogen) atoms. The first-order valence-corrected chi connectivity index (χ1v) is 4.59. The molecule has 0 amide bonds. The van der Waals surface area contributed by atoms with E-state index in [1.54, 1.807) is 12.1 Å². The minimum atomic E-state index is -0.404. The lowest BCUT2D eigenvalue weighted by atomic mass is 10.1. The van der Waals surface area contributed by atoms with Crippen LogP contribution in [-0.4, -0.2) is 13.1 Å². The van der Waals surface area contributed by atoms with Gasteiger partial charge in [0, 0.05) is 5.69 Å². The minimum Gasteiger partial charge on any atom is -0.465 e. The average Bonchev–Trinajstić information content (AvgIpc) is 2.27. The smallest absolute Gasteiger partial charge is 0.339 e. The predicted molar refractivity (Wildman–Crippen MR) is 59.7 cm³/mol. The number of ether oxygens (including phenoxy) is 1. The van der Waals surface area contributed by atoms with Gasteiger partial charge in [0.2, 0.25) is 0 Å². The highest BCUT2D eigenvalue weighted by Crippen LogP contribution is 2.22. The van der Waals surface area contributed by atoms with Crippen LogP contribution in [0.15, 0.2) is 36.4 Å². The molecule has 0 aliphatic heterocycles. The zero-order valence-electron chi connectivity index (χ0n) is 8.36. The zero-order chi connectivity index (χ0) is 10.8. The van der Waals surface area contributed by atoms with Gasteiger partial charge >= 0.3 is 5.97 Å². The number of anilines is 1. The van der Waals surface area contributed by atoms with Crippen molar-refractivity contribution in [2.45, 2.75) is 0 Å². The molecule has 0 unspecified atom stereocenters. The Labute approximate surface area is 87.5 Å². The van der Waals surface area contributed by atoms with Crippen LogP contribution in [0.25, 0.3) is 10.8 Å². The molecule has 0 bridgehead atoms. The Morgan fingerprint density at radius 2 is 1.80 bits per heavy atom. The normalized spacial score (nSPS) is 10.2. The van der Waals surface area contributed by atoms with E-state index in [0.717, 1.165) is 10.8 Å². The summed E-state index contributed by atoms with van der Waals surface area (Å²) in [5, 5.41) is 2.00. The number of hydrogen-bond acceptors (Lipinski definition) is 3. The van der Waals surface area contributed by atoms with Gasteiger partial charge < -0.3 is 10.5 Å². The second kappa shape index (κ2) is 3.61. The van der Waals surface area contributed by atoms with Gasteiger partial charge in [0.15, 0.2) is 0 Å². The Morgan fingerprint density at radius 1 is 1.20 bits per heavy atom. The Bertz CT molecular complexity index is 520. The molecule has 0 saturated heterocycles. The van der Waals surface area contributed by atoms with Crippen LogP contribution >= 0.6 is 0 Å². The maximum atomic E-state index is 11.4. The molecule has 0 atom stereocenters. The lowest BCUT2D eigenvalue weighted by Gasteiger charge is -2.05. The molecule has 0 saturated carbocycles. The lowest BCUT2D eigenvalue weighted by molar-refractivity contribution is 0.0602. The highest BCUT2D eigenvalue weighted by molar-refractivity contribution is 6.01. The Hall–Kier alpha value is -2.03. The third-order valence-corrected chi connectivity index (χ3v) is 2.32. The number of nitrogens with two attached hydrogens (primary N) is 1. The standard InChI is InChI=1S/C12H11NO2/c1-15-12(14)10-6-8-4-2-3-5-9(8)7-11(10)13/h2-7H,13H2,1H3. The summed E-state index contributed by atoms with van der Waals surface area (Å²) in [6.07, 6.45) is 0. The molecular formula is C12H11NO2. The first-order chi connectivity index (χ1) is 7.22. The highest BCUT2D eigenvalue weighted by atomic mass is 16.5. The molecule has 2 rings (SSSR count). The van der Waals surface area contributed by atoms with Gasteiger partial charge in [-0.1, -0.05) is 24.3 Å². The molecule has 3 nitrogen and oxygen atoms in total. The summed E-state index contributed by atoms with van der Waals surface area (Å²) in [6, 6.07) is 11.3. The molecule has 0 aliphatic carbocycles. The molecule has 0 aliphatic rings. The van der Waals surface area contributed by atoms with Gasteiger partial charge in [-0.25, -0.2) is 4.79 Å². The van der Waals surface area contributed by atoms with Crippen molar-refractivity contribution < 1.29 is 9.53 Å². The van der Waals surface area contributed by atoms with Crippen LogP contribution in [0.4, 0.5) is 5.69 Å². The van der Waals surface area contributed by atoms with E-state index >= 15 is 0 Å². The van der Waals surface area contributed by atoms with E-state index in [1.165, 1.54) is 7.11 Å². The van der Waals surface area contributed by atoms with Crippen molar-refractivity contribution in [3.8, 4) is 0 Å². The first-order valence-electron chi connectivity index (χ1n) is 4.59. The Balaban J connectivity index is 2.67. The number of esters is 1. The van der Waals surface area contributed by atoms with Crippen LogP contribution in [0, 0.1) is 0 Å². The van der Waals surface area contributed by atoms with Crippen LogP contribution in [0.2, 0.25) is 0 Å². The molecule has 0 spiro atoms. The molecule has 76 valence electrons. The minimum absolute atomic E-state index is 0.404. The number of methoxy groups -OCH3 is 1. The topological polar surface area (TPSA) is 52.3 Å². The third kappa shape index (κ3) is 1.64. The van der Waals surface area contributed by atoms with Crippen molar-refractivity contribution in [1.82, 2.24) is 0 Å². The molecule has 3 heteroatoms. The third-order valence-electron chi connectivity index (χ3n) is 2.32. The van der Waals surface area contributed by atoms with Crippen molar-refractivity contribution in [2.75, 3.05) is 12.8 Å². The number of benzene rings is 2. The molecule has 2 aromatic carbocycles. The summed E-state index contributed by atoms with van der Waals surface area (Å²) in [6.45, 7) is 0. The second-order valence-electron chi connectivity index (χ2n) is 3.28. The number of hydrogen-bond donors (Lipinski definition) is 1. The molecular weight excluding hydrogens is 190 g/mol. The molecule has 0 fully saturated rings. The van der Waals surface area contributed by atoms with Gasteiger partial charge in [0.1, 0.15) is 0 Å². The van der Waals surface area contributed by atoms with Crippen LogP contribution in [0.1, 0.15) is 10.4 Å². The SMILES string of the molecule is COC(=O)c1cc2ccccc2cc1N. The van der Waals surface area contributed by atoms with Crippen LogP contribution < -0.4 is 5.73 Å². The fourth-order valence-corrected chi connectivity index (χ4v) is 1.54. The number of fused-ring (bicyclic) bond motifs is 1. The summed E-state index contributed by atoms with van der Waals surface area (Å²) >= 11 is 0. The summed E-state index contributed by atoms with van der Waals surface area (Å²) in [7, 11) is 1.34. The maximum absolute atomic E-state index is 11.4. The fraction of sp³-hybridized carbons (Fsp3) is 0.0833. The van der Waals surface area contributed by atoms with E-state index in [1.807, 2.05) is 24.3 Å². The van der Waals surface area contributed by atoms with Crippen molar-refractivity contribution in [3.63, 3.8) is 0 Å². The van der Waals surface area contributed by atoms with E-state index in [0.29, 0.717) is 11.3 Å². The van der Waals surface area contributed by atoms with Crippen molar-refractivity contribution in [2.24, 2.45) is 0 Å². The summed E-state index contributed by atoms with van der Waals surface area (Å²) in [5.41, 5.74) is 6.62. The molecule has 0 heterocycles. The monoisotopic (exact) mass is 201 g/mol. The van der Waals surface area contributed by atoms with Gasteiger partial charge in [0.25, 0.3) is 0 Å². The molecule has 2 aromatic rings. The fourth-order valence-electron chi connectivity index (χ4n) is 1.54. The predicted octanol–water partition coefficient (Wildman–Crippen LogP) is 2.21. The largest absolute Gasteiger partial charge is 0.465 e. The quantitative estimate of drug-likeness (QED) is 0.568. The van der Waals surface area contributed by atoms with E-state index in [-0.39, 0.29) is 0 Å². The lowest BCUT2D eigenvalue weighted by Crippen LogP contribution is -2.05. The maximum Gasteiger partial charge on any atom is 0.339 e. The Kier molecular flexibility index (Phi) is 2.29. The van der Waals surface area contributed by atoms with Gasteiger partial charge in [-0.2, -0.15) is 0 Å². The number of rotatable bonds is 1.